The maximum atomic E-state index is 12.3. The Kier molecular flexibility index (Phi) is 6.07. The van der Waals surface area contributed by atoms with Crippen LogP contribution in [0.15, 0.2) is 29.2 Å². The van der Waals surface area contributed by atoms with Crippen LogP contribution >= 0.6 is 27.5 Å². The Morgan fingerprint density at radius 1 is 1.44 bits per heavy atom. The van der Waals surface area contributed by atoms with Gasteiger partial charge < -0.3 is 4.74 Å². The lowest BCUT2D eigenvalue weighted by Gasteiger charge is -2.20. The molecule has 0 radical (unpaired) electrons. The van der Waals surface area contributed by atoms with E-state index in [2.05, 4.69) is 15.9 Å². The lowest BCUT2D eigenvalue weighted by Crippen LogP contribution is -2.33. The third kappa shape index (κ3) is 3.93. The second-order valence-corrected chi connectivity index (χ2v) is 7.48. The molecule has 0 aliphatic carbocycles. The van der Waals surface area contributed by atoms with Crippen LogP contribution in [-0.4, -0.2) is 44.9 Å². The average Bonchev–Trinajstić information content (AvgIpc) is 2.29. The summed E-state index contributed by atoms with van der Waals surface area (Å²) in [6.07, 6.45) is 0. The molecule has 7 heteroatoms. The van der Waals surface area contributed by atoms with Crippen LogP contribution in [-0.2, 0) is 14.8 Å². The molecule has 0 saturated carbocycles. The number of ether oxygens (including phenoxy) is 1. The van der Waals surface area contributed by atoms with E-state index >= 15 is 0 Å². The highest BCUT2D eigenvalue weighted by molar-refractivity contribution is 9.09. The molecular weight excluding hydrogens is 342 g/mol. The maximum absolute atomic E-state index is 12.3. The van der Waals surface area contributed by atoms with Crippen molar-refractivity contribution in [1.82, 2.24) is 4.31 Å². The predicted molar refractivity (Wildman–Crippen MR) is 75.9 cm³/mol. The standard InChI is InChI=1S/C11H15BrClNO3S/c1-14(7-9(12)8-17-2)18(15,16)11-6-4-3-5-10(11)13/h3-6,9H,7-8H2,1-2H3. The molecule has 18 heavy (non-hydrogen) atoms. The monoisotopic (exact) mass is 355 g/mol. The average molecular weight is 357 g/mol. The van der Waals surface area contributed by atoms with Crippen LogP contribution in [0.5, 0.6) is 0 Å². The fraction of sp³-hybridized carbons (Fsp3) is 0.455. The van der Waals surface area contributed by atoms with E-state index in [0.717, 1.165) is 0 Å². The number of benzene rings is 1. The second-order valence-electron chi connectivity index (χ2n) is 3.77. The summed E-state index contributed by atoms with van der Waals surface area (Å²) in [6.45, 7) is 0.740. The van der Waals surface area contributed by atoms with Crippen molar-refractivity contribution in [2.24, 2.45) is 0 Å². The van der Waals surface area contributed by atoms with E-state index in [4.69, 9.17) is 16.3 Å². The third-order valence-electron chi connectivity index (χ3n) is 2.33. The van der Waals surface area contributed by atoms with Gasteiger partial charge in [-0.1, -0.05) is 39.7 Å². The number of rotatable bonds is 6. The van der Waals surface area contributed by atoms with Gasteiger partial charge in [-0.15, -0.1) is 0 Å². The molecule has 0 fully saturated rings. The van der Waals surface area contributed by atoms with Gasteiger partial charge in [0.05, 0.1) is 16.5 Å². The molecule has 0 N–H and O–H groups in total. The number of halogens is 2. The van der Waals surface area contributed by atoms with Crippen LogP contribution in [0.1, 0.15) is 0 Å². The Morgan fingerprint density at radius 3 is 2.61 bits per heavy atom. The summed E-state index contributed by atoms with van der Waals surface area (Å²) in [5.74, 6) is 0. The van der Waals surface area contributed by atoms with Crippen molar-refractivity contribution in [2.75, 3.05) is 27.3 Å². The second kappa shape index (κ2) is 6.86. The molecule has 0 aromatic heterocycles. The van der Waals surface area contributed by atoms with Crippen molar-refractivity contribution >= 4 is 37.6 Å². The van der Waals surface area contributed by atoms with Gasteiger partial charge in [-0.25, -0.2) is 8.42 Å². The zero-order valence-electron chi connectivity index (χ0n) is 10.1. The van der Waals surface area contributed by atoms with E-state index in [-0.39, 0.29) is 14.7 Å². The van der Waals surface area contributed by atoms with Gasteiger partial charge in [0.1, 0.15) is 4.90 Å². The molecule has 0 amide bonds. The van der Waals surface area contributed by atoms with Crippen LogP contribution in [0.3, 0.4) is 0 Å². The minimum atomic E-state index is -3.57. The highest BCUT2D eigenvalue weighted by Crippen LogP contribution is 2.23. The van der Waals surface area contributed by atoms with Crippen molar-refractivity contribution in [2.45, 2.75) is 9.72 Å². The largest absolute Gasteiger partial charge is 0.383 e. The Balaban J connectivity index is 2.90. The molecule has 1 atom stereocenters. The van der Waals surface area contributed by atoms with Crippen LogP contribution in [0.25, 0.3) is 0 Å². The number of sulfonamides is 1. The minimum Gasteiger partial charge on any atom is -0.383 e. The molecule has 1 rings (SSSR count). The molecule has 0 saturated heterocycles. The Hall–Kier alpha value is -0.140. The summed E-state index contributed by atoms with van der Waals surface area (Å²) < 4.78 is 30.8. The van der Waals surface area contributed by atoms with Crippen molar-refractivity contribution in [3.63, 3.8) is 0 Å². The Morgan fingerprint density at radius 2 is 2.06 bits per heavy atom. The molecule has 0 aliphatic heterocycles. The normalized spacial score (nSPS) is 13.8. The van der Waals surface area contributed by atoms with Crippen LogP contribution in [0, 0.1) is 0 Å². The summed E-state index contributed by atoms with van der Waals surface area (Å²) in [5, 5.41) is 0.224. The van der Waals surface area contributed by atoms with Crippen molar-refractivity contribution in [1.29, 1.82) is 0 Å². The van der Waals surface area contributed by atoms with E-state index in [1.165, 1.54) is 17.4 Å². The molecule has 1 unspecified atom stereocenters. The van der Waals surface area contributed by atoms with E-state index < -0.39 is 10.0 Å². The summed E-state index contributed by atoms with van der Waals surface area (Å²) in [6, 6.07) is 6.39. The zero-order chi connectivity index (χ0) is 13.8. The molecule has 102 valence electrons. The highest BCUT2D eigenvalue weighted by Gasteiger charge is 2.24. The summed E-state index contributed by atoms with van der Waals surface area (Å²) in [4.78, 5) is 0.0519. The predicted octanol–water partition coefficient (Wildman–Crippen LogP) is 2.37. The molecule has 1 aromatic rings. The summed E-state index contributed by atoms with van der Waals surface area (Å²) in [5.41, 5.74) is 0. The van der Waals surface area contributed by atoms with Gasteiger partial charge in [-0.2, -0.15) is 4.31 Å². The van der Waals surface area contributed by atoms with Crippen LogP contribution in [0.2, 0.25) is 5.02 Å². The van der Waals surface area contributed by atoms with Crippen LogP contribution < -0.4 is 0 Å². The minimum absolute atomic E-state index is 0.0650. The molecule has 0 heterocycles. The van der Waals surface area contributed by atoms with Gasteiger partial charge >= 0.3 is 0 Å². The lowest BCUT2D eigenvalue weighted by atomic mass is 10.4. The van der Waals surface area contributed by atoms with Gasteiger partial charge in [0, 0.05) is 20.7 Å². The third-order valence-corrected chi connectivity index (χ3v) is 5.20. The lowest BCUT2D eigenvalue weighted by molar-refractivity contribution is 0.195. The number of hydrogen-bond donors (Lipinski definition) is 0. The topological polar surface area (TPSA) is 46.6 Å². The summed E-state index contributed by atoms with van der Waals surface area (Å²) in [7, 11) is -0.484. The highest BCUT2D eigenvalue weighted by atomic mass is 79.9. The number of nitrogens with zero attached hydrogens (tertiary/aromatic N) is 1. The first kappa shape index (κ1) is 15.9. The van der Waals surface area contributed by atoms with Gasteiger partial charge in [0.2, 0.25) is 10.0 Å². The molecule has 0 spiro atoms. The van der Waals surface area contributed by atoms with Gasteiger partial charge in [-0.05, 0) is 12.1 Å². The molecule has 4 nitrogen and oxygen atoms in total. The Labute approximate surface area is 121 Å². The fourth-order valence-corrected chi connectivity index (χ4v) is 4.03. The van der Waals surface area contributed by atoms with Crippen molar-refractivity contribution in [3.8, 4) is 0 Å². The van der Waals surface area contributed by atoms with E-state index in [1.54, 1.807) is 25.3 Å². The van der Waals surface area contributed by atoms with Crippen LogP contribution in [0.4, 0.5) is 0 Å². The molecular formula is C11H15BrClNO3S. The first-order chi connectivity index (χ1) is 8.39. The van der Waals surface area contributed by atoms with E-state index in [1.807, 2.05) is 0 Å². The molecule has 0 aliphatic rings. The number of alkyl halides is 1. The van der Waals surface area contributed by atoms with Crippen molar-refractivity contribution in [3.05, 3.63) is 29.3 Å². The molecule has 1 aromatic carbocycles. The number of hydrogen-bond acceptors (Lipinski definition) is 3. The smallest absolute Gasteiger partial charge is 0.244 e. The number of methoxy groups -OCH3 is 1. The first-order valence-electron chi connectivity index (χ1n) is 5.23. The first-order valence-corrected chi connectivity index (χ1v) is 7.97. The fourth-order valence-electron chi connectivity index (χ4n) is 1.43. The Bertz CT molecular complexity index is 495. The van der Waals surface area contributed by atoms with E-state index in [9.17, 15) is 8.42 Å². The zero-order valence-corrected chi connectivity index (χ0v) is 13.3. The molecule has 0 bridgehead atoms. The maximum Gasteiger partial charge on any atom is 0.244 e. The van der Waals surface area contributed by atoms with E-state index in [0.29, 0.717) is 13.2 Å². The van der Waals surface area contributed by atoms with Crippen molar-refractivity contribution < 1.29 is 13.2 Å². The van der Waals surface area contributed by atoms with Gasteiger partial charge in [0.15, 0.2) is 0 Å². The quantitative estimate of drug-likeness (QED) is 0.735. The van der Waals surface area contributed by atoms with Gasteiger partial charge in [0.25, 0.3) is 0 Å². The van der Waals surface area contributed by atoms with Gasteiger partial charge in [-0.3, -0.25) is 0 Å². The SMILES string of the molecule is COCC(Br)CN(C)S(=O)(=O)c1ccccc1Cl. The summed E-state index contributed by atoms with van der Waals surface area (Å²) >= 11 is 9.27.